The van der Waals surface area contributed by atoms with Crippen LogP contribution in [0.2, 0.25) is 0 Å². The minimum Gasteiger partial charge on any atom is -0.496 e. The molecule has 0 radical (unpaired) electrons. The third kappa shape index (κ3) is 2.84. The lowest BCUT2D eigenvalue weighted by Crippen LogP contribution is -2.50. The lowest BCUT2D eigenvalue weighted by Gasteiger charge is -2.37. The van der Waals surface area contributed by atoms with Crippen LogP contribution in [-0.4, -0.2) is 38.2 Å². The highest BCUT2D eigenvalue weighted by atomic mass is 79.9. The van der Waals surface area contributed by atoms with Crippen LogP contribution in [0.1, 0.15) is 5.56 Å². The lowest BCUT2D eigenvalue weighted by atomic mass is 9.99. The summed E-state index contributed by atoms with van der Waals surface area (Å²) in [5, 5.41) is 0. The molecule has 18 heavy (non-hydrogen) atoms. The van der Waals surface area contributed by atoms with Gasteiger partial charge in [0.2, 0.25) is 0 Å². The minimum atomic E-state index is -0.118. The second-order valence-corrected chi connectivity index (χ2v) is 5.29. The fourth-order valence-corrected chi connectivity index (χ4v) is 2.53. The van der Waals surface area contributed by atoms with Gasteiger partial charge in [0.25, 0.3) is 0 Å². The van der Waals surface area contributed by atoms with Gasteiger partial charge in [0.1, 0.15) is 5.75 Å². The topological polar surface area (TPSA) is 38.8 Å². The molecule has 1 aliphatic rings. The maximum atomic E-state index is 11.3. The summed E-state index contributed by atoms with van der Waals surface area (Å²) in [5.74, 6) is 0.778. The van der Waals surface area contributed by atoms with Crippen LogP contribution >= 0.6 is 15.9 Å². The molecule has 1 fully saturated rings. The number of carbonyl (C=O) groups is 1. The zero-order valence-corrected chi connectivity index (χ0v) is 12.1. The van der Waals surface area contributed by atoms with Crippen LogP contribution in [0.4, 0.5) is 0 Å². The quantitative estimate of drug-likeness (QED) is 0.798. The summed E-state index contributed by atoms with van der Waals surface area (Å²) in [6.45, 7) is 2.29. The van der Waals surface area contributed by atoms with Gasteiger partial charge in [-0.3, -0.25) is 9.69 Å². The highest BCUT2D eigenvalue weighted by Crippen LogP contribution is 2.27. The zero-order valence-electron chi connectivity index (χ0n) is 10.5. The van der Waals surface area contributed by atoms with E-state index in [4.69, 9.17) is 9.47 Å². The van der Waals surface area contributed by atoms with Crippen molar-refractivity contribution in [1.29, 1.82) is 0 Å². The Bertz CT molecular complexity index is 444. The molecule has 0 atom stereocenters. The third-order valence-electron chi connectivity index (χ3n) is 3.13. The third-order valence-corrected chi connectivity index (χ3v) is 3.62. The molecule has 0 amide bonds. The molecule has 1 aromatic rings. The van der Waals surface area contributed by atoms with Crippen molar-refractivity contribution in [2.45, 2.75) is 6.54 Å². The molecule has 1 heterocycles. The van der Waals surface area contributed by atoms with Gasteiger partial charge in [-0.1, -0.05) is 15.9 Å². The van der Waals surface area contributed by atoms with Gasteiger partial charge in [0.05, 0.1) is 20.1 Å². The molecule has 98 valence electrons. The van der Waals surface area contributed by atoms with Crippen LogP contribution in [0.15, 0.2) is 22.7 Å². The van der Waals surface area contributed by atoms with Gasteiger partial charge in [-0.25, -0.2) is 0 Å². The summed E-state index contributed by atoms with van der Waals surface area (Å²) in [5.41, 5.74) is 1.12. The molecule has 1 aromatic carbocycles. The number of benzene rings is 1. The maximum Gasteiger partial charge on any atom is 0.311 e. The summed E-state index contributed by atoms with van der Waals surface area (Å²) < 4.78 is 11.1. The van der Waals surface area contributed by atoms with E-state index in [-0.39, 0.29) is 11.9 Å². The van der Waals surface area contributed by atoms with Crippen molar-refractivity contribution >= 4 is 21.9 Å². The van der Waals surface area contributed by atoms with E-state index >= 15 is 0 Å². The van der Waals surface area contributed by atoms with Crippen molar-refractivity contribution in [1.82, 2.24) is 4.90 Å². The second-order valence-electron chi connectivity index (χ2n) is 4.37. The SMILES string of the molecule is COC(=O)C1CN(Cc2cc(Br)ccc2OC)C1. The smallest absolute Gasteiger partial charge is 0.311 e. The number of halogens is 1. The average Bonchev–Trinajstić information content (AvgIpc) is 2.32. The largest absolute Gasteiger partial charge is 0.496 e. The van der Waals surface area contributed by atoms with Crippen molar-refractivity contribution in [2.75, 3.05) is 27.3 Å². The molecule has 0 saturated carbocycles. The number of hydrogen-bond acceptors (Lipinski definition) is 4. The van der Waals surface area contributed by atoms with E-state index in [1.807, 2.05) is 18.2 Å². The summed E-state index contributed by atoms with van der Waals surface area (Å²) in [4.78, 5) is 13.5. The Kier molecular flexibility index (Phi) is 4.24. The van der Waals surface area contributed by atoms with E-state index in [0.29, 0.717) is 0 Å². The molecule has 0 aliphatic carbocycles. The fraction of sp³-hybridized carbons (Fsp3) is 0.462. The van der Waals surface area contributed by atoms with Crippen molar-refractivity contribution in [3.8, 4) is 5.75 Å². The Morgan fingerprint density at radius 3 is 2.78 bits per heavy atom. The first kappa shape index (κ1) is 13.4. The number of nitrogens with zero attached hydrogens (tertiary/aromatic N) is 1. The standard InChI is InChI=1S/C13H16BrNO3/c1-17-12-4-3-11(14)5-9(12)6-15-7-10(8-15)13(16)18-2/h3-5,10H,6-8H2,1-2H3. The van der Waals surface area contributed by atoms with Crippen LogP contribution in [-0.2, 0) is 16.1 Å². The predicted octanol–water partition coefficient (Wildman–Crippen LogP) is 2.06. The molecule has 5 heteroatoms. The highest BCUT2D eigenvalue weighted by molar-refractivity contribution is 9.10. The van der Waals surface area contributed by atoms with E-state index in [9.17, 15) is 4.79 Å². The number of methoxy groups -OCH3 is 2. The number of esters is 1. The Hall–Kier alpha value is -1.07. The van der Waals surface area contributed by atoms with Gasteiger partial charge in [-0.05, 0) is 18.2 Å². The van der Waals surface area contributed by atoms with E-state index in [1.165, 1.54) is 7.11 Å². The van der Waals surface area contributed by atoms with Crippen LogP contribution in [0.3, 0.4) is 0 Å². The normalized spacial score (nSPS) is 16.2. The van der Waals surface area contributed by atoms with Gasteiger partial charge < -0.3 is 9.47 Å². The first-order valence-electron chi connectivity index (χ1n) is 5.76. The van der Waals surface area contributed by atoms with Crippen LogP contribution in [0.5, 0.6) is 5.75 Å². The molecule has 0 aromatic heterocycles. The molecule has 0 N–H and O–H groups in total. The predicted molar refractivity (Wildman–Crippen MR) is 71.5 cm³/mol. The maximum absolute atomic E-state index is 11.3. The number of carbonyl (C=O) groups excluding carboxylic acids is 1. The van der Waals surface area contributed by atoms with Gasteiger partial charge in [0.15, 0.2) is 0 Å². The summed E-state index contributed by atoms with van der Waals surface area (Å²) in [6.07, 6.45) is 0. The van der Waals surface area contributed by atoms with Crippen molar-refractivity contribution < 1.29 is 14.3 Å². The Morgan fingerprint density at radius 2 is 2.17 bits per heavy atom. The van der Waals surface area contributed by atoms with E-state index in [1.54, 1.807) is 7.11 Å². The number of hydrogen-bond donors (Lipinski definition) is 0. The number of likely N-dealkylation sites (tertiary alicyclic amines) is 1. The summed E-state index contributed by atoms with van der Waals surface area (Å²) in [7, 11) is 3.10. The molecule has 1 saturated heterocycles. The van der Waals surface area contributed by atoms with Crippen LogP contribution in [0.25, 0.3) is 0 Å². The second kappa shape index (κ2) is 5.71. The van der Waals surface area contributed by atoms with Gasteiger partial charge >= 0.3 is 5.97 Å². The van der Waals surface area contributed by atoms with E-state index in [2.05, 4.69) is 20.8 Å². The van der Waals surface area contributed by atoms with Crippen molar-refractivity contribution in [2.24, 2.45) is 5.92 Å². The first-order valence-corrected chi connectivity index (χ1v) is 6.56. The van der Waals surface area contributed by atoms with Crippen LogP contribution in [0, 0.1) is 5.92 Å². The number of rotatable bonds is 4. The van der Waals surface area contributed by atoms with Gasteiger partial charge in [-0.2, -0.15) is 0 Å². The molecule has 0 unspecified atom stereocenters. The van der Waals surface area contributed by atoms with Gasteiger partial charge in [-0.15, -0.1) is 0 Å². The molecular formula is C13H16BrNO3. The van der Waals surface area contributed by atoms with E-state index < -0.39 is 0 Å². The number of ether oxygens (including phenoxy) is 2. The van der Waals surface area contributed by atoms with E-state index in [0.717, 1.165) is 35.4 Å². The molecule has 1 aliphatic heterocycles. The van der Waals surface area contributed by atoms with Crippen molar-refractivity contribution in [3.05, 3.63) is 28.2 Å². The fourth-order valence-electron chi connectivity index (χ4n) is 2.13. The van der Waals surface area contributed by atoms with Crippen molar-refractivity contribution in [3.63, 3.8) is 0 Å². The molecular weight excluding hydrogens is 298 g/mol. The van der Waals surface area contributed by atoms with Gasteiger partial charge in [0, 0.05) is 29.7 Å². The van der Waals surface area contributed by atoms with Crippen LogP contribution < -0.4 is 4.74 Å². The Morgan fingerprint density at radius 1 is 1.44 bits per heavy atom. The molecule has 0 spiro atoms. The average molecular weight is 314 g/mol. The molecule has 2 rings (SSSR count). The highest BCUT2D eigenvalue weighted by Gasteiger charge is 2.33. The minimum absolute atomic E-state index is 0.0214. The zero-order chi connectivity index (χ0) is 13.1. The summed E-state index contributed by atoms with van der Waals surface area (Å²) >= 11 is 3.45. The molecule has 4 nitrogen and oxygen atoms in total. The Labute approximate surface area is 115 Å². The first-order chi connectivity index (χ1) is 8.63. The Balaban J connectivity index is 1.95. The molecule has 0 bridgehead atoms. The lowest BCUT2D eigenvalue weighted by molar-refractivity contribution is -0.151. The monoisotopic (exact) mass is 313 g/mol. The summed E-state index contributed by atoms with van der Waals surface area (Å²) in [6, 6.07) is 5.94.